The molecule has 0 aliphatic carbocycles. The van der Waals surface area contributed by atoms with Gasteiger partial charge in [-0.25, -0.2) is 0 Å². The first-order chi connectivity index (χ1) is 13.4. The third kappa shape index (κ3) is 3.49. The lowest BCUT2D eigenvalue weighted by molar-refractivity contribution is 0.102. The minimum absolute atomic E-state index is 0.134. The Balaban J connectivity index is 1.67. The van der Waals surface area contributed by atoms with Crippen molar-refractivity contribution in [3.05, 3.63) is 81.9 Å². The van der Waals surface area contributed by atoms with Crippen LogP contribution in [0.1, 0.15) is 27.0 Å². The van der Waals surface area contributed by atoms with Crippen LogP contribution in [0.5, 0.6) is 0 Å². The molecule has 0 aliphatic rings. The largest absolute Gasteiger partial charge is 0.322 e. The second kappa shape index (κ2) is 7.09. The summed E-state index contributed by atoms with van der Waals surface area (Å²) in [6.07, 6.45) is 0. The summed E-state index contributed by atoms with van der Waals surface area (Å²) >= 11 is 5.95. The first-order valence-corrected chi connectivity index (χ1v) is 9.31. The van der Waals surface area contributed by atoms with E-state index in [4.69, 9.17) is 11.6 Å². The monoisotopic (exact) mass is 390 g/mol. The standard InChI is InChI=1S/C22H19ClN4O/c1-13-4-9-18(14(2)10-13)22(28)24-19-12-21-20(11-15(19)3)25-27(26-21)17-7-5-16(23)6-8-17/h4-12H,1-3H3,(H,24,28). The quantitative estimate of drug-likeness (QED) is 0.519. The van der Waals surface area contributed by atoms with Gasteiger partial charge < -0.3 is 5.32 Å². The van der Waals surface area contributed by atoms with E-state index in [1.807, 2.05) is 63.2 Å². The zero-order valence-corrected chi connectivity index (χ0v) is 16.6. The minimum Gasteiger partial charge on any atom is -0.322 e. The summed E-state index contributed by atoms with van der Waals surface area (Å²) in [6, 6.07) is 16.9. The van der Waals surface area contributed by atoms with Crippen LogP contribution < -0.4 is 5.32 Å². The Labute approximate surface area is 167 Å². The van der Waals surface area contributed by atoms with Crippen molar-refractivity contribution in [3.63, 3.8) is 0 Å². The summed E-state index contributed by atoms with van der Waals surface area (Å²) < 4.78 is 0. The van der Waals surface area contributed by atoms with Crippen LogP contribution >= 0.6 is 11.6 Å². The lowest BCUT2D eigenvalue weighted by atomic mass is 10.0. The molecule has 0 saturated carbocycles. The lowest BCUT2D eigenvalue weighted by Crippen LogP contribution is -2.14. The molecule has 0 unspecified atom stereocenters. The predicted molar refractivity (Wildman–Crippen MR) is 112 cm³/mol. The highest BCUT2D eigenvalue weighted by Crippen LogP contribution is 2.23. The Kier molecular flexibility index (Phi) is 4.61. The summed E-state index contributed by atoms with van der Waals surface area (Å²) in [5, 5.41) is 12.7. The number of rotatable bonds is 3. The third-order valence-electron chi connectivity index (χ3n) is 4.66. The molecule has 0 saturated heterocycles. The summed E-state index contributed by atoms with van der Waals surface area (Å²) in [5.41, 5.74) is 6.67. The van der Waals surface area contributed by atoms with Gasteiger partial charge in [0.2, 0.25) is 0 Å². The molecule has 1 amide bonds. The number of aromatic nitrogens is 3. The number of carbonyl (C=O) groups is 1. The molecule has 0 aliphatic heterocycles. The van der Waals surface area contributed by atoms with Crippen LogP contribution in [-0.2, 0) is 0 Å². The Morgan fingerprint density at radius 3 is 2.25 bits per heavy atom. The van der Waals surface area contributed by atoms with Gasteiger partial charge in [0.1, 0.15) is 11.0 Å². The minimum atomic E-state index is -0.134. The van der Waals surface area contributed by atoms with E-state index in [1.165, 1.54) is 0 Å². The van der Waals surface area contributed by atoms with Crippen LogP contribution in [0.3, 0.4) is 0 Å². The fraction of sp³-hybridized carbons (Fsp3) is 0.136. The summed E-state index contributed by atoms with van der Waals surface area (Å²) in [6.45, 7) is 5.89. The molecule has 0 bridgehead atoms. The van der Waals surface area contributed by atoms with Gasteiger partial charge in [0.25, 0.3) is 5.91 Å². The number of benzene rings is 3. The second-order valence-electron chi connectivity index (χ2n) is 6.89. The second-order valence-corrected chi connectivity index (χ2v) is 7.33. The van der Waals surface area contributed by atoms with E-state index in [2.05, 4.69) is 15.5 Å². The van der Waals surface area contributed by atoms with E-state index >= 15 is 0 Å². The number of anilines is 1. The summed E-state index contributed by atoms with van der Waals surface area (Å²) in [7, 11) is 0. The molecule has 1 aromatic heterocycles. The Morgan fingerprint density at radius 2 is 1.57 bits per heavy atom. The molecule has 6 heteroatoms. The average Bonchev–Trinajstić information content (AvgIpc) is 3.05. The van der Waals surface area contributed by atoms with Gasteiger partial charge in [-0.15, -0.1) is 10.2 Å². The van der Waals surface area contributed by atoms with Crippen molar-refractivity contribution in [1.82, 2.24) is 15.0 Å². The van der Waals surface area contributed by atoms with Gasteiger partial charge in [-0.3, -0.25) is 4.79 Å². The first kappa shape index (κ1) is 18.2. The highest BCUT2D eigenvalue weighted by molar-refractivity contribution is 6.30. The van der Waals surface area contributed by atoms with E-state index in [1.54, 1.807) is 16.9 Å². The summed E-state index contributed by atoms with van der Waals surface area (Å²) in [4.78, 5) is 14.3. The Morgan fingerprint density at radius 1 is 0.893 bits per heavy atom. The van der Waals surface area contributed by atoms with Crippen molar-refractivity contribution in [2.45, 2.75) is 20.8 Å². The van der Waals surface area contributed by atoms with Crippen LogP contribution in [0.4, 0.5) is 5.69 Å². The molecule has 4 aromatic rings. The molecule has 28 heavy (non-hydrogen) atoms. The van der Waals surface area contributed by atoms with E-state index in [0.717, 1.165) is 33.6 Å². The molecule has 3 aromatic carbocycles. The molecule has 1 N–H and O–H groups in total. The Hall–Kier alpha value is -3.18. The number of aryl methyl sites for hydroxylation is 3. The highest BCUT2D eigenvalue weighted by Gasteiger charge is 2.13. The molecule has 1 heterocycles. The number of nitrogens with zero attached hydrogens (tertiary/aromatic N) is 3. The molecule has 140 valence electrons. The van der Waals surface area contributed by atoms with Crippen molar-refractivity contribution in [2.75, 3.05) is 5.32 Å². The fourth-order valence-electron chi connectivity index (χ4n) is 3.15. The molecule has 4 rings (SSSR count). The molecule has 0 atom stereocenters. The zero-order chi connectivity index (χ0) is 19.8. The fourth-order valence-corrected chi connectivity index (χ4v) is 3.28. The molecule has 0 spiro atoms. The van der Waals surface area contributed by atoms with E-state index in [-0.39, 0.29) is 5.91 Å². The number of fused-ring (bicyclic) bond motifs is 1. The van der Waals surface area contributed by atoms with Gasteiger partial charge in [0, 0.05) is 16.3 Å². The van der Waals surface area contributed by atoms with Crippen LogP contribution in [0.15, 0.2) is 54.6 Å². The normalized spacial score (nSPS) is 11.0. The van der Waals surface area contributed by atoms with Crippen LogP contribution in [0.25, 0.3) is 16.7 Å². The van der Waals surface area contributed by atoms with Gasteiger partial charge in [0.05, 0.1) is 5.69 Å². The van der Waals surface area contributed by atoms with Crippen molar-refractivity contribution < 1.29 is 4.79 Å². The zero-order valence-electron chi connectivity index (χ0n) is 15.8. The average molecular weight is 391 g/mol. The maximum Gasteiger partial charge on any atom is 0.255 e. The SMILES string of the molecule is Cc1ccc(C(=O)Nc2cc3nn(-c4ccc(Cl)cc4)nc3cc2C)c(C)c1. The van der Waals surface area contributed by atoms with Gasteiger partial charge in [0.15, 0.2) is 0 Å². The number of hydrogen-bond acceptors (Lipinski definition) is 3. The molecule has 0 fully saturated rings. The van der Waals surface area contributed by atoms with Gasteiger partial charge in [-0.05, 0) is 74.4 Å². The lowest BCUT2D eigenvalue weighted by Gasteiger charge is -2.10. The van der Waals surface area contributed by atoms with Crippen molar-refractivity contribution in [1.29, 1.82) is 0 Å². The van der Waals surface area contributed by atoms with E-state index in [9.17, 15) is 4.79 Å². The van der Waals surface area contributed by atoms with Crippen LogP contribution in [0.2, 0.25) is 5.02 Å². The molecular formula is C22H19ClN4O. The van der Waals surface area contributed by atoms with Gasteiger partial charge >= 0.3 is 0 Å². The number of hydrogen-bond donors (Lipinski definition) is 1. The topological polar surface area (TPSA) is 59.8 Å². The number of nitrogens with one attached hydrogen (secondary N) is 1. The maximum absolute atomic E-state index is 12.7. The smallest absolute Gasteiger partial charge is 0.255 e. The number of carbonyl (C=O) groups excluding carboxylic acids is 1. The first-order valence-electron chi connectivity index (χ1n) is 8.93. The van der Waals surface area contributed by atoms with Gasteiger partial charge in [-0.1, -0.05) is 29.3 Å². The highest BCUT2D eigenvalue weighted by atomic mass is 35.5. The van der Waals surface area contributed by atoms with E-state index in [0.29, 0.717) is 16.1 Å². The molecule has 5 nitrogen and oxygen atoms in total. The van der Waals surface area contributed by atoms with Crippen molar-refractivity contribution in [3.8, 4) is 5.69 Å². The summed E-state index contributed by atoms with van der Waals surface area (Å²) in [5.74, 6) is -0.134. The van der Waals surface area contributed by atoms with Crippen LogP contribution in [-0.4, -0.2) is 20.9 Å². The van der Waals surface area contributed by atoms with Crippen molar-refractivity contribution in [2.24, 2.45) is 0 Å². The van der Waals surface area contributed by atoms with E-state index < -0.39 is 0 Å². The number of halogens is 1. The third-order valence-corrected chi connectivity index (χ3v) is 4.91. The van der Waals surface area contributed by atoms with Crippen LogP contribution in [0, 0.1) is 20.8 Å². The number of amides is 1. The molecular weight excluding hydrogens is 372 g/mol. The maximum atomic E-state index is 12.7. The van der Waals surface area contributed by atoms with Crippen molar-refractivity contribution >= 4 is 34.2 Å². The molecule has 0 radical (unpaired) electrons. The Bertz CT molecular complexity index is 1200. The predicted octanol–water partition coefficient (Wildman–Crippen LogP) is 5.25. The van der Waals surface area contributed by atoms with Gasteiger partial charge in [-0.2, -0.15) is 4.80 Å².